The Balaban J connectivity index is 3.26. The van der Waals surface area contributed by atoms with Gasteiger partial charge in [-0.2, -0.15) is 0 Å². The highest BCUT2D eigenvalue weighted by molar-refractivity contribution is 7.79. The van der Waals surface area contributed by atoms with Gasteiger partial charge in [-0.25, -0.2) is 0 Å². The van der Waals surface area contributed by atoms with Gasteiger partial charge in [-0.15, -0.1) is 0 Å². The number of hydrogen-bond donors (Lipinski definition) is 1. The zero-order chi connectivity index (χ0) is 7.28. The monoisotopic (exact) mass is 146 g/mol. The summed E-state index contributed by atoms with van der Waals surface area (Å²) in [5.74, 6) is 0. The molecule has 0 spiro atoms. The van der Waals surface area contributed by atoms with E-state index in [1.807, 2.05) is 6.92 Å². The summed E-state index contributed by atoms with van der Waals surface area (Å²) in [7, 11) is 0. The Morgan fingerprint density at radius 3 is 2.67 bits per heavy atom. The van der Waals surface area contributed by atoms with Crippen LogP contribution in [0.5, 0.6) is 0 Å². The highest BCUT2D eigenvalue weighted by Crippen LogP contribution is 1.93. The zero-order valence-corrected chi connectivity index (χ0v) is 6.62. The molecule has 0 fully saturated rings. The standard InChI is InChI=1S/C6H12NOS/c1-3-4-5(2)7-6(8)9/h5H,3-4H2,1-2H3,(H,7,9). The van der Waals surface area contributed by atoms with E-state index in [0.29, 0.717) is 0 Å². The number of hydrogen-bond acceptors (Lipinski definition) is 1. The van der Waals surface area contributed by atoms with Crippen molar-refractivity contribution in [3.05, 3.63) is 0 Å². The lowest BCUT2D eigenvalue weighted by Crippen LogP contribution is -2.29. The van der Waals surface area contributed by atoms with Crippen LogP contribution in [0.2, 0.25) is 0 Å². The van der Waals surface area contributed by atoms with E-state index in [1.165, 1.54) is 0 Å². The molecule has 0 saturated heterocycles. The van der Waals surface area contributed by atoms with Gasteiger partial charge in [-0.3, -0.25) is 5.11 Å². The van der Waals surface area contributed by atoms with Gasteiger partial charge in [-0.05, 0) is 25.6 Å². The number of thiocarbonyl (C=S) groups is 1. The summed E-state index contributed by atoms with van der Waals surface area (Å²) < 4.78 is 0. The molecule has 0 bridgehead atoms. The van der Waals surface area contributed by atoms with Crippen LogP contribution in [0.25, 0.3) is 0 Å². The average molecular weight is 146 g/mol. The van der Waals surface area contributed by atoms with Crippen molar-refractivity contribution in [3.63, 3.8) is 0 Å². The van der Waals surface area contributed by atoms with Crippen LogP contribution in [0.15, 0.2) is 0 Å². The highest BCUT2D eigenvalue weighted by atomic mass is 32.1. The van der Waals surface area contributed by atoms with Crippen molar-refractivity contribution in [2.24, 2.45) is 0 Å². The summed E-state index contributed by atoms with van der Waals surface area (Å²) >= 11 is 4.32. The lowest BCUT2D eigenvalue weighted by Gasteiger charge is -2.08. The summed E-state index contributed by atoms with van der Waals surface area (Å²) in [5.41, 5.74) is 0. The first-order valence-electron chi connectivity index (χ1n) is 3.14. The van der Waals surface area contributed by atoms with Crippen molar-refractivity contribution >= 4 is 17.4 Å². The Kier molecular flexibility index (Phi) is 4.40. The summed E-state index contributed by atoms with van der Waals surface area (Å²) in [6, 6.07) is 0.236. The largest absolute Gasteiger partial charge is 0.341 e. The van der Waals surface area contributed by atoms with Crippen LogP contribution in [0.3, 0.4) is 0 Å². The predicted octanol–water partition coefficient (Wildman–Crippen LogP) is 1.48. The Hall–Kier alpha value is -0.310. The van der Waals surface area contributed by atoms with Gasteiger partial charge in [0, 0.05) is 6.04 Å². The van der Waals surface area contributed by atoms with E-state index in [-0.39, 0.29) is 11.2 Å². The first-order valence-corrected chi connectivity index (χ1v) is 3.55. The van der Waals surface area contributed by atoms with Crippen molar-refractivity contribution in [2.45, 2.75) is 32.7 Å². The molecule has 1 atom stereocenters. The maximum Gasteiger partial charge on any atom is 0.310 e. The fourth-order valence-electron chi connectivity index (χ4n) is 0.706. The maximum atomic E-state index is 10.2. The van der Waals surface area contributed by atoms with Gasteiger partial charge in [-0.1, -0.05) is 13.3 Å². The molecule has 0 aliphatic rings. The van der Waals surface area contributed by atoms with Crippen LogP contribution in [0, 0.1) is 0 Å². The average Bonchev–Trinajstić information content (AvgIpc) is 1.63. The predicted molar refractivity (Wildman–Crippen MR) is 40.8 cm³/mol. The maximum absolute atomic E-state index is 10.2. The van der Waals surface area contributed by atoms with Crippen LogP contribution < -0.4 is 5.32 Å². The number of rotatable bonds is 3. The normalized spacial score (nSPS) is 12.7. The van der Waals surface area contributed by atoms with E-state index in [2.05, 4.69) is 24.5 Å². The van der Waals surface area contributed by atoms with Crippen molar-refractivity contribution < 1.29 is 5.11 Å². The van der Waals surface area contributed by atoms with Crippen molar-refractivity contribution in [1.82, 2.24) is 5.32 Å². The molecule has 2 nitrogen and oxygen atoms in total. The van der Waals surface area contributed by atoms with Gasteiger partial charge >= 0.3 is 5.17 Å². The molecular weight excluding hydrogens is 134 g/mol. The topological polar surface area (TPSA) is 31.9 Å². The zero-order valence-electron chi connectivity index (χ0n) is 5.81. The van der Waals surface area contributed by atoms with Crippen LogP contribution in [0.1, 0.15) is 26.7 Å². The van der Waals surface area contributed by atoms with Gasteiger partial charge in [0.05, 0.1) is 0 Å². The lowest BCUT2D eigenvalue weighted by molar-refractivity contribution is 0.399. The molecule has 53 valence electrons. The first kappa shape index (κ1) is 8.69. The lowest BCUT2D eigenvalue weighted by atomic mass is 10.2. The molecule has 3 heteroatoms. The van der Waals surface area contributed by atoms with Gasteiger partial charge in [0.15, 0.2) is 0 Å². The van der Waals surface area contributed by atoms with Gasteiger partial charge < -0.3 is 5.32 Å². The van der Waals surface area contributed by atoms with Crippen molar-refractivity contribution in [1.29, 1.82) is 0 Å². The second-order valence-electron chi connectivity index (χ2n) is 2.12. The van der Waals surface area contributed by atoms with E-state index in [0.717, 1.165) is 12.8 Å². The molecule has 0 saturated carbocycles. The third-order valence-corrected chi connectivity index (χ3v) is 1.20. The van der Waals surface area contributed by atoms with Crippen LogP contribution >= 0.6 is 12.2 Å². The molecule has 1 radical (unpaired) electrons. The second kappa shape index (κ2) is 4.56. The number of nitrogens with one attached hydrogen (secondary N) is 1. The highest BCUT2D eigenvalue weighted by Gasteiger charge is 2.00. The summed E-state index contributed by atoms with van der Waals surface area (Å²) in [6.45, 7) is 4.03. The third kappa shape index (κ3) is 5.56. The molecular formula is C6H12NOS. The summed E-state index contributed by atoms with van der Waals surface area (Å²) in [4.78, 5) is 0. The van der Waals surface area contributed by atoms with Crippen LogP contribution in [0.4, 0.5) is 0 Å². The second-order valence-corrected chi connectivity index (χ2v) is 2.49. The first-order chi connectivity index (χ1) is 4.16. The Labute approximate surface area is 61.3 Å². The van der Waals surface area contributed by atoms with Crippen molar-refractivity contribution in [3.8, 4) is 0 Å². The molecule has 0 aromatic carbocycles. The van der Waals surface area contributed by atoms with Gasteiger partial charge in [0.2, 0.25) is 0 Å². The van der Waals surface area contributed by atoms with Gasteiger partial charge in [0.1, 0.15) is 0 Å². The minimum absolute atomic E-state index is 0.236. The molecule has 1 N–H and O–H groups in total. The van der Waals surface area contributed by atoms with Crippen LogP contribution in [-0.4, -0.2) is 11.2 Å². The molecule has 0 heterocycles. The Bertz CT molecular complexity index is 95.1. The molecule has 0 aromatic heterocycles. The van der Waals surface area contributed by atoms with Gasteiger partial charge in [0.25, 0.3) is 0 Å². The SMILES string of the molecule is CCCC(C)NC([O])=S. The van der Waals surface area contributed by atoms with E-state index in [4.69, 9.17) is 0 Å². The van der Waals surface area contributed by atoms with E-state index in [1.54, 1.807) is 0 Å². The molecule has 0 aliphatic carbocycles. The minimum atomic E-state index is -0.351. The molecule has 0 aliphatic heterocycles. The van der Waals surface area contributed by atoms with Crippen LogP contribution in [-0.2, 0) is 5.11 Å². The van der Waals surface area contributed by atoms with E-state index in [9.17, 15) is 5.11 Å². The Morgan fingerprint density at radius 2 is 2.33 bits per heavy atom. The van der Waals surface area contributed by atoms with Crippen molar-refractivity contribution in [2.75, 3.05) is 0 Å². The van der Waals surface area contributed by atoms with E-state index < -0.39 is 0 Å². The summed E-state index contributed by atoms with van der Waals surface area (Å²) in [5, 5.41) is 12.5. The quantitative estimate of drug-likeness (QED) is 0.611. The molecule has 0 rings (SSSR count). The Morgan fingerprint density at radius 1 is 1.78 bits per heavy atom. The smallest absolute Gasteiger partial charge is 0.310 e. The summed E-state index contributed by atoms with van der Waals surface area (Å²) in [6.07, 6.45) is 2.08. The third-order valence-electron chi connectivity index (χ3n) is 1.09. The minimum Gasteiger partial charge on any atom is -0.341 e. The molecule has 0 amide bonds. The fraction of sp³-hybridized carbons (Fsp3) is 0.833. The molecule has 0 aromatic rings. The van der Waals surface area contributed by atoms with E-state index >= 15 is 0 Å². The fourth-order valence-corrected chi connectivity index (χ4v) is 0.908. The molecule has 9 heavy (non-hydrogen) atoms. The molecule has 1 unspecified atom stereocenters.